The van der Waals surface area contributed by atoms with Gasteiger partial charge in [0.05, 0.1) is 12.6 Å². The zero-order valence-electron chi connectivity index (χ0n) is 11.7. The predicted octanol–water partition coefficient (Wildman–Crippen LogP) is 1.63. The van der Waals surface area contributed by atoms with Gasteiger partial charge in [0.15, 0.2) is 6.61 Å². The fourth-order valence-electron chi connectivity index (χ4n) is 1.62. The van der Waals surface area contributed by atoms with Gasteiger partial charge in [-0.05, 0) is 18.1 Å². The zero-order chi connectivity index (χ0) is 14.3. The van der Waals surface area contributed by atoms with Gasteiger partial charge in [-0.15, -0.1) is 0 Å². The molecule has 1 atom stereocenters. The lowest BCUT2D eigenvalue weighted by atomic mass is 10.1. The third-order valence-corrected chi connectivity index (χ3v) is 2.72. The van der Waals surface area contributed by atoms with E-state index in [2.05, 4.69) is 19.2 Å². The molecule has 0 aromatic heterocycles. The average Bonchev–Trinajstić information content (AvgIpc) is 2.36. The Hall–Kier alpha value is -1.75. The van der Waals surface area contributed by atoms with Crippen LogP contribution in [0.25, 0.3) is 0 Å². The maximum absolute atomic E-state index is 10.7. The lowest BCUT2D eigenvalue weighted by Crippen LogP contribution is -2.30. The molecule has 0 aliphatic carbocycles. The highest BCUT2D eigenvalue weighted by molar-refractivity contribution is 5.75. The second-order valence-electron chi connectivity index (χ2n) is 4.73. The van der Waals surface area contributed by atoms with Gasteiger partial charge >= 0.3 is 0 Å². The Labute approximate surface area is 114 Å². The minimum atomic E-state index is -0.488. The number of hydrogen-bond donors (Lipinski definition) is 2. The topological polar surface area (TPSA) is 73.6 Å². The number of hydrogen-bond acceptors (Lipinski definition) is 4. The Morgan fingerprint density at radius 1 is 1.42 bits per heavy atom. The molecule has 0 bridgehead atoms. The van der Waals surface area contributed by atoms with Crippen molar-refractivity contribution < 1.29 is 14.3 Å². The van der Waals surface area contributed by atoms with Gasteiger partial charge in [0.25, 0.3) is 5.91 Å². The summed E-state index contributed by atoms with van der Waals surface area (Å²) in [6.45, 7) is 4.77. The van der Waals surface area contributed by atoms with Crippen LogP contribution in [-0.2, 0) is 9.53 Å². The van der Waals surface area contributed by atoms with Crippen LogP contribution in [0.4, 0.5) is 5.69 Å². The lowest BCUT2D eigenvalue weighted by molar-refractivity contribution is -0.119. The summed E-state index contributed by atoms with van der Waals surface area (Å²) in [5.41, 5.74) is 5.97. The second kappa shape index (κ2) is 7.63. The molecule has 1 aromatic rings. The molecule has 0 heterocycles. The molecule has 1 unspecified atom stereocenters. The molecule has 1 aromatic carbocycles. The number of primary amides is 1. The van der Waals surface area contributed by atoms with E-state index in [0.29, 0.717) is 18.3 Å². The average molecular weight is 266 g/mol. The van der Waals surface area contributed by atoms with Crippen molar-refractivity contribution in [2.24, 2.45) is 11.7 Å². The molecule has 0 spiro atoms. The molecule has 5 heteroatoms. The molecule has 0 aliphatic heterocycles. The van der Waals surface area contributed by atoms with E-state index in [-0.39, 0.29) is 12.6 Å². The Kier molecular flexibility index (Phi) is 6.15. The normalized spacial score (nSPS) is 12.2. The number of anilines is 1. The van der Waals surface area contributed by atoms with Crippen molar-refractivity contribution in [3.05, 3.63) is 24.3 Å². The molecule has 1 amide bonds. The Balaban J connectivity index is 2.67. The van der Waals surface area contributed by atoms with Crippen LogP contribution in [0.15, 0.2) is 24.3 Å². The molecule has 106 valence electrons. The molecule has 1 rings (SSSR count). The number of methoxy groups -OCH3 is 1. The smallest absolute Gasteiger partial charge is 0.255 e. The van der Waals surface area contributed by atoms with Crippen molar-refractivity contribution in [2.45, 2.75) is 19.9 Å². The van der Waals surface area contributed by atoms with Crippen LogP contribution in [0.3, 0.4) is 0 Å². The van der Waals surface area contributed by atoms with E-state index >= 15 is 0 Å². The monoisotopic (exact) mass is 266 g/mol. The fourth-order valence-corrected chi connectivity index (χ4v) is 1.62. The van der Waals surface area contributed by atoms with E-state index in [1.165, 1.54) is 0 Å². The van der Waals surface area contributed by atoms with Gasteiger partial charge in [0, 0.05) is 18.9 Å². The first-order valence-electron chi connectivity index (χ1n) is 6.29. The summed E-state index contributed by atoms with van der Waals surface area (Å²) in [5, 5.41) is 3.39. The van der Waals surface area contributed by atoms with Crippen LogP contribution in [0, 0.1) is 5.92 Å². The summed E-state index contributed by atoms with van der Waals surface area (Å²) in [6, 6.07) is 7.66. The number of carbonyl (C=O) groups is 1. The SMILES string of the molecule is COCC(Nc1cccc(OCC(N)=O)c1)C(C)C. The minimum Gasteiger partial charge on any atom is -0.484 e. The summed E-state index contributed by atoms with van der Waals surface area (Å²) in [7, 11) is 1.68. The van der Waals surface area contributed by atoms with Gasteiger partial charge < -0.3 is 20.5 Å². The highest BCUT2D eigenvalue weighted by Gasteiger charge is 2.13. The van der Waals surface area contributed by atoms with E-state index in [4.69, 9.17) is 15.2 Å². The van der Waals surface area contributed by atoms with Crippen LogP contribution in [-0.4, -0.2) is 32.3 Å². The molecule has 3 N–H and O–H groups in total. The first kappa shape index (κ1) is 15.3. The Bertz CT molecular complexity index is 407. The number of nitrogens with one attached hydrogen (secondary N) is 1. The standard InChI is InChI=1S/C14H22N2O3/c1-10(2)13(8-18-3)16-11-5-4-6-12(7-11)19-9-14(15)17/h4-7,10,13,16H,8-9H2,1-3H3,(H2,15,17). The summed E-state index contributed by atoms with van der Waals surface area (Å²) >= 11 is 0. The number of ether oxygens (including phenoxy) is 2. The van der Waals surface area contributed by atoms with Crippen LogP contribution in [0.2, 0.25) is 0 Å². The van der Waals surface area contributed by atoms with Crippen LogP contribution in [0.1, 0.15) is 13.8 Å². The van der Waals surface area contributed by atoms with Crippen molar-refractivity contribution in [2.75, 3.05) is 25.6 Å². The molecular formula is C14H22N2O3. The number of benzene rings is 1. The van der Waals surface area contributed by atoms with Crippen LogP contribution < -0.4 is 15.8 Å². The minimum absolute atomic E-state index is 0.116. The zero-order valence-corrected chi connectivity index (χ0v) is 11.7. The summed E-state index contributed by atoms with van der Waals surface area (Å²) < 4.78 is 10.5. The molecule has 0 radical (unpaired) electrons. The Morgan fingerprint density at radius 2 is 2.16 bits per heavy atom. The molecule has 0 saturated heterocycles. The van der Waals surface area contributed by atoms with Crippen molar-refractivity contribution >= 4 is 11.6 Å². The van der Waals surface area contributed by atoms with Crippen molar-refractivity contribution in [3.8, 4) is 5.75 Å². The van der Waals surface area contributed by atoms with E-state index in [0.717, 1.165) is 5.69 Å². The number of carbonyl (C=O) groups excluding carboxylic acids is 1. The lowest BCUT2D eigenvalue weighted by Gasteiger charge is -2.23. The fraction of sp³-hybridized carbons (Fsp3) is 0.500. The number of rotatable bonds is 8. The summed E-state index contributed by atoms with van der Waals surface area (Å²) in [5.74, 6) is 0.566. The van der Waals surface area contributed by atoms with Crippen molar-refractivity contribution in [1.29, 1.82) is 0 Å². The van der Waals surface area contributed by atoms with Crippen molar-refractivity contribution in [1.82, 2.24) is 0 Å². The first-order chi connectivity index (χ1) is 9.02. The maximum Gasteiger partial charge on any atom is 0.255 e. The Morgan fingerprint density at radius 3 is 2.74 bits per heavy atom. The van der Waals surface area contributed by atoms with Gasteiger partial charge in [0.1, 0.15) is 5.75 Å². The van der Waals surface area contributed by atoms with Crippen LogP contribution in [0.5, 0.6) is 5.75 Å². The van der Waals surface area contributed by atoms with E-state index in [1.54, 1.807) is 13.2 Å². The molecule has 0 saturated carbocycles. The van der Waals surface area contributed by atoms with Gasteiger partial charge in [-0.25, -0.2) is 0 Å². The molecule has 5 nitrogen and oxygen atoms in total. The van der Waals surface area contributed by atoms with Crippen molar-refractivity contribution in [3.63, 3.8) is 0 Å². The molecular weight excluding hydrogens is 244 g/mol. The second-order valence-corrected chi connectivity index (χ2v) is 4.73. The van der Waals surface area contributed by atoms with Gasteiger partial charge in [-0.3, -0.25) is 4.79 Å². The summed E-state index contributed by atoms with van der Waals surface area (Å²) in [4.78, 5) is 10.7. The first-order valence-corrected chi connectivity index (χ1v) is 6.29. The maximum atomic E-state index is 10.7. The molecule has 19 heavy (non-hydrogen) atoms. The van der Waals surface area contributed by atoms with Gasteiger partial charge in [-0.2, -0.15) is 0 Å². The predicted molar refractivity (Wildman–Crippen MR) is 75.3 cm³/mol. The number of nitrogens with two attached hydrogens (primary N) is 1. The van der Waals surface area contributed by atoms with E-state index in [9.17, 15) is 4.79 Å². The van der Waals surface area contributed by atoms with E-state index < -0.39 is 5.91 Å². The molecule has 0 fully saturated rings. The third-order valence-electron chi connectivity index (χ3n) is 2.72. The highest BCUT2D eigenvalue weighted by atomic mass is 16.5. The van der Waals surface area contributed by atoms with Gasteiger partial charge in [0.2, 0.25) is 0 Å². The largest absolute Gasteiger partial charge is 0.484 e. The van der Waals surface area contributed by atoms with Gasteiger partial charge in [-0.1, -0.05) is 19.9 Å². The summed E-state index contributed by atoms with van der Waals surface area (Å²) in [6.07, 6.45) is 0. The quantitative estimate of drug-likeness (QED) is 0.750. The number of amides is 1. The highest BCUT2D eigenvalue weighted by Crippen LogP contribution is 2.19. The third kappa shape index (κ3) is 5.61. The molecule has 0 aliphatic rings. The van der Waals surface area contributed by atoms with Crippen LogP contribution >= 0.6 is 0 Å². The van der Waals surface area contributed by atoms with E-state index in [1.807, 2.05) is 18.2 Å².